The Kier molecular flexibility index (Phi) is 13.3. The third kappa shape index (κ3) is 10.4. The van der Waals surface area contributed by atoms with Crippen molar-refractivity contribution in [2.45, 2.75) is 84.9 Å². The Morgan fingerprint density at radius 3 is 2.48 bits per heavy atom. The van der Waals surface area contributed by atoms with E-state index < -0.39 is 23.8 Å². The van der Waals surface area contributed by atoms with Gasteiger partial charge in [-0.15, -0.1) is 0 Å². The molecule has 0 fully saturated rings. The second-order valence-corrected chi connectivity index (χ2v) is 13.2. The van der Waals surface area contributed by atoms with Crippen molar-refractivity contribution in [3.8, 4) is 5.75 Å². The molecule has 3 aromatic rings. The van der Waals surface area contributed by atoms with Crippen molar-refractivity contribution in [3.63, 3.8) is 0 Å². The van der Waals surface area contributed by atoms with Crippen LogP contribution >= 0.6 is 0 Å². The number of nitrogens with one attached hydrogen (secondary N) is 2. The molecule has 0 saturated carbocycles. The maximum atomic E-state index is 14.4. The largest absolute Gasteiger partial charge is 0.490 e. The molecule has 0 spiro atoms. The number of hydrogen-bond acceptors (Lipinski definition) is 8. The van der Waals surface area contributed by atoms with E-state index in [9.17, 15) is 27.9 Å². The van der Waals surface area contributed by atoms with Crippen LogP contribution < -0.4 is 15.4 Å². The summed E-state index contributed by atoms with van der Waals surface area (Å²) < 4.78 is 57.0. The third-order valence-electron chi connectivity index (χ3n) is 8.81. The second kappa shape index (κ2) is 17.2. The van der Waals surface area contributed by atoms with E-state index in [-0.39, 0.29) is 42.7 Å². The fourth-order valence-electron chi connectivity index (χ4n) is 5.88. The van der Waals surface area contributed by atoms with Gasteiger partial charge in [0.1, 0.15) is 17.1 Å². The number of carbonyl (C=O) groups is 2. The van der Waals surface area contributed by atoms with Crippen LogP contribution in [0.5, 0.6) is 5.75 Å². The standard InChI is InChI=1S/C36H48F3N5O6/c1-22-18-44(23(2)21-45)34(46)30-17-29(40-35(47)41-33-25(4)42-50-26(33)5)14-15-31(30)49-24(3)9-7-8-16-48-32(22)20-43(6)19-27-10-12-28(13-11-27)36(37,38)39/h10-15,17,22-24,32,45H,7-9,16,18-21H2,1-6H3,(H2,40,41,47)/t22-,23-,24+,32-/m1/s1. The van der Waals surface area contributed by atoms with E-state index in [1.807, 2.05) is 25.8 Å². The highest BCUT2D eigenvalue weighted by Crippen LogP contribution is 2.31. The molecule has 0 unspecified atom stereocenters. The van der Waals surface area contributed by atoms with Crippen LogP contribution in [0.1, 0.15) is 73.0 Å². The van der Waals surface area contributed by atoms with Gasteiger partial charge in [0.05, 0.1) is 36.0 Å². The van der Waals surface area contributed by atoms with Crippen molar-refractivity contribution in [1.29, 1.82) is 0 Å². The van der Waals surface area contributed by atoms with Gasteiger partial charge in [0, 0.05) is 37.8 Å². The number of nitrogens with zero attached hydrogens (tertiary/aromatic N) is 3. The molecule has 4 atom stereocenters. The summed E-state index contributed by atoms with van der Waals surface area (Å²) in [5, 5.41) is 19.6. The van der Waals surface area contributed by atoms with Crippen LogP contribution in [0.3, 0.4) is 0 Å². The number of alkyl halides is 3. The number of anilines is 2. The fourth-order valence-corrected chi connectivity index (χ4v) is 5.88. The number of fused-ring (bicyclic) bond motifs is 1. The van der Waals surface area contributed by atoms with Crippen LogP contribution in [0, 0.1) is 19.8 Å². The van der Waals surface area contributed by atoms with Gasteiger partial charge in [0.2, 0.25) is 0 Å². The molecule has 0 aliphatic carbocycles. The Hall–Kier alpha value is -4.14. The number of aryl methyl sites for hydroxylation is 2. The van der Waals surface area contributed by atoms with Gasteiger partial charge in [-0.3, -0.25) is 9.69 Å². The van der Waals surface area contributed by atoms with E-state index in [0.717, 1.165) is 30.5 Å². The Balaban J connectivity index is 1.57. The lowest BCUT2D eigenvalue weighted by Gasteiger charge is -2.36. The lowest BCUT2D eigenvalue weighted by molar-refractivity contribution is -0.137. The summed E-state index contributed by atoms with van der Waals surface area (Å²) in [6.45, 7) is 10.3. The van der Waals surface area contributed by atoms with Crippen molar-refractivity contribution in [3.05, 3.63) is 70.6 Å². The maximum absolute atomic E-state index is 14.4. The Morgan fingerprint density at radius 1 is 1.12 bits per heavy atom. The summed E-state index contributed by atoms with van der Waals surface area (Å²) in [6, 6.07) is 8.90. The van der Waals surface area contributed by atoms with Gasteiger partial charge in [0.25, 0.3) is 5.91 Å². The van der Waals surface area contributed by atoms with Crippen molar-refractivity contribution in [2.24, 2.45) is 5.92 Å². The van der Waals surface area contributed by atoms with Crippen molar-refractivity contribution in [1.82, 2.24) is 15.0 Å². The second-order valence-electron chi connectivity index (χ2n) is 13.2. The maximum Gasteiger partial charge on any atom is 0.416 e. The summed E-state index contributed by atoms with van der Waals surface area (Å²) in [5.74, 6) is 0.235. The number of aliphatic hydroxyl groups is 1. The number of aromatic nitrogens is 1. The third-order valence-corrected chi connectivity index (χ3v) is 8.81. The molecule has 3 amide bonds. The van der Waals surface area contributed by atoms with Gasteiger partial charge < -0.3 is 34.6 Å². The minimum Gasteiger partial charge on any atom is -0.490 e. The zero-order valence-corrected chi connectivity index (χ0v) is 29.5. The molecule has 11 nitrogen and oxygen atoms in total. The van der Waals surface area contributed by atoms with Gasteiger partial charge in [-0.1, -0.05) is 24.2 Å². The van der Waals surface area contributed by atoms with E-state index in [0.29, 0.717) is 54.7 Å². The fraction of sp³-hybridized carbons (Fsp3) is 0.528. The van der Waals surface area contributed by atoms with E-state index in [4.69, 9.17) is 14.0 Å². The first-order valence-corrected chi connectivity index (χ1v) is 16.9. The normalized spacial score (nSPS) is 20.1. The highest BCUT2D eigenvalue weighted by atomic mass is 19.4. The summed E-state index contributed by atoms with van der Waals surface area (Å²) in [6.07, 6.45) is -2.63. The number of amides is 3. The van der Waals surface area contributed by atoms with Gasteiger partial charge in [-0.25, -0.2) is 4.79 Å². The topological polar surface area (TPSA) is 129 Å². The number of hydrogen-bond donors (Lipinski definition) is 3. The van der Waals surface area contributed by atoms with E-state index in [2.05, 4.69) is 15.8 Å². The molecule has 274 valence electrons. The molecule has 2 aromatic carbocycles. The first-order chi connectivity index (χ1) is 23.7. The molecule has 1 aromatic heterocycles. The summed E-state index contributed by atoms with van der Waals surface area (Å²) >= 11 is 0. The minimum atomic E-state index is -4.40. The van der Waals surface area contributed by atoms with Gasteiger partial charge in [0.15, 0.2) is 5.76 Å². The number of rotatable bonds is 8. The van der Waals surface area contributed by atoms with Crippen molar-refractivity contribution >= 4 is 23.3 Å². The van der Waals surface area contributed by atoms with E-state index in [1.54, 1.807) is 43.9 Å². The zero-order chi connectivity index (χ0) is 36.6. The molecule has 0 saturated heterocycles. The van der Waals surface area contributed by atoms with Crippen LogP contribution in [0.2, 0.25) is 0 Å². The van der Waals surface area contributed by atoms with Gasteiger partial charge >= 0.3 is 12.2 Å². The van der Waals surface area contributed by atoms with Crippen LogP contribution in [-0.2, 0) is 17.5 Å². The molecule has 3 N–H and O–H groups in total. The quantitative estimate of drug-likeness (QED) is 0.232. The average Bonchev–Trinajstić information content (AvgIpc) is 3.37. The SMILES string of the molecule is Cc1noc(C)c1NC(=O)Nc1ccc2c(c1)C(=O)N([C@H](C)CO)C[C@@H](C)[C@@H](CN(C)Cc1ccc(C(F)(F)F)cc1)OCCCC[C@H](C)O2. The number of halogens is 3. The molecular weight excluding hydrogens is 655 g/mol. The number of benzene rings is 2. The molecule has 1 aliphatic heterocycles. The summed E-state index contributed by atoms with van der Waals surface area (Å²) in [5.41, 5.74) is 1.60. The molecule has 50 heavy (non-hydrogen) atoms. The predicted octanol–water partition coefficient (Wildman–Crippen LogP) is 6.88. The van der Waals surface area contributed by atoms with Crippen LogP contribution in [0.4, 0.5) is 29.3 Å². The van der Waals surface area contributed by atoms with Gasteiger partial charge in [-0.05, 0) is 89.9 Å². The number of urea groups is 1. The molecule has 1 aliphatic rings. The smallest absolute Gasteiger partial charge is 0.416 e. The monoisotopic (exact) mass is 703 g/mol. The Labute approximate surface area is 291 Å². The van der Waals surface area contributed by atoms with Crippen LogP contribution in [0.25, 0.3) is 0 Å². The lowest BCUT2D eigenvalue weighted by atomic mass is 10.0. The molecule has 4 rings (SSSR count). The number of ether oxygens (including phenoxy) is 2. The molecule has 2 heterocycles. The van der Waals surface area contributed by atoms with Crippen molar-refractivity contribution in [2.75, 3.05) is 44.0 Å². The first-order valence-electron chi connectivity index (χ1n) is 16.9. The molecule has 0 bridgehead atoms. The van der Waals surface area contributed by atoms with Crippen LogP contribution in [-0.4, -0.2) is 83.6 Å². The Bertz CT molecular complexity index is 1560. The van der Waals surface area contributed by atoms with Crippen LogP contribution in [0.15, 0.2) is 47.0 Å². The number of carbonyl (C=O) groups excluding carboxylic acids is 2. The van der Waals surface area contributed by atoms with Gasteiger partial charge in [-0.2, -0.15) is 13.2 Å². The number of aliphatic hydroxyl groups excluding tert-OH is 1. The molecule has 0 radical (unpaired) electrons. The average molecular weight is 704 g/mol. The predicted molar refractivity (Wildman–Crippen MR) is 183 cm³/mol. The highest BCUT2D eigenvalue weighted by Gasteiger charge is 2.32. The molecular formula is C36H48F3N5O6. The zero-order valence-electron chi connectivity index (χ0n) is 29.5. The minimum absolute atomic E-state index is 0.198. The Morgan fingerprint density at radius 2 is 1.84 bits per heavy atom. The van der Waals surface area contributed by atoms with E-state index >= 15 is 0 Å². The van der Waals surface area contributed by atoms with Crippen molar-refractivity contribution < 1.29 is 41.9 Å². The number of likely N-dealkylation sites (N-methyl/N-ethyl adjacent to an activating group) is 1. The highest BCUT2D eigenvalue weighted by molar-refractivity contribution is 6.03. The lowest BCUT2D eigenvalue weighted by Crippen LogP contribution is -2.47. The van der Waals surface area contributed by atoms with E-state index in [1.165, 1.54) is 12.1 Å². The summed E-state index contributed by atoms with van der Waals surface area (Å²) in [4.78, 5) is 30.8. The summed E-state index contributed by atoms with van der Waals surface area (Å²) in [7, 11) is 1.88. The molecule has 14 heteroatoms. The first kappa shape index (κ1) is 38.7.